The molecule has 2 heterocycles. The van der Waals surface area contributed by atoms with E-state index in [1.165, 1.54) is 0 Å². The normalized spacial score (nSPS) is 20.0. The van der Waals surface area contributed by atoms with Crippen molar-refractivity contribution in [2.24, 2.45) is 5.92 Å². The molecule has 0 bridgehead atoms. The third-order valence-corrected chi connectivity index (χ3v) is 2.82. The van der Waals surface area contributed by atoms with Crippen LogP contribution in [0.2, 0.25) is 0 Å². The molecule has 1 saturated carbocycles. The van der Waals surface area contributed by atoms with Crippen molar-refractivity contribution in [3.8, 4) is 6.01 Å². The average Bonchev–Trinajstić information content (AvgIpc) is 3.02. The van der Waals surface area contributed by atoms with Crippen molar-refractivity contribution >= 4 is 29.7 Å². The zero-order chi connectivity index (χ0) is 15.0. The van der Waals surface area contributed by atoms with Crippen molar-refractivity contribution in [3.63, 3.8) is 0 Å². The fourth-order valence-corrected chi connectivity index (χ4v) is 1.63. The molecule has 0 aromatic carbocycles. The van der Waals surface area contributed by atoms with Gasteiger partial charge in [-0.05, 0) is 12.3 Å². The number of hydrogen-bond donors (Lipinski definition) is 4. The summed E-state index contributed by atoms with van der Waals surface area (Å²) in [6, 6.07) is 0.148. The highest BCUT2D eigenvalue weighted by molar-refractivity contribution is 5.48. The topological polar surface area (TPSA) is 177 Å². The van der Waals surface area contributed by atoms with Crippen LogP contribution in [0, 0.1) is 5.92 Å². The first kappa shape index (κ1) is 13.0. The lowest BCUT2D eigenvalue weighted by molar-refractivity contribution is 0.264. The third-order valence-electron chi connectivity index (χ3n) is 2.82. The Morgan fingerprint density at radius 1 is 0.905 bits per heavy atom. The minimum Gasteiger partial charge on any atom is -0.460 e. The molecule has 2 aromatic rings. The molecule has 3 rings (SSSR count). The van der Waals surface area contributed by atoms with Gasteiger partial charge in [0.1, 0.15) is 6.10 Å². The van der Waals surface area contributed by atoms with E-state index in [-0.39, 0.29) is 41.9 Å². The second-order valence-corrected chi connectivity index (χ2v) is 4.67. The molecule has 1 fully saturated rings. The first-order valence-corrected chi connectivity index (χ1v) is 6.22. The maximum absolute atomic E-state index is 5.62. The second-order valence-electron chi connectivity index (χ2n) is 4.67. The molecule has 0 aliphatic heterocycles. The number of hydrogen-bond acceptors (Lipinski definition) is 11. The molecule has 2 atom stereocenters. The van der Waals surface area contributed by atoms with Crippen molar-refractivity contribution in [2.75, 3.05) is 22.5 Å². The van der Waals surface area contributed by atoms with E-state index < -0.39 is 0 Å². The Kier molecular flexibility index (Phi) is 3.01. The molecule has 0 saturated heterocycles. The van der Waals surface area contributed by atoms with Crippen molar-refractivity contribution in [2.45, 2.75) is 19.4 Å². The number of nitrogen functional groups attached to an aromatic ring is 3. The van der Waals surface area contributed by atoms with E-state index in [2.05, 4.69) is 42.1 Å². The van der Waals surface area contributed by atoms with Gasteiger partial charge in [-0.25, -0.2) is 0 Å². The maximum atomic E-state index is 5.62. The SMILES string of the molecule is CC1CC1Oc1nc(N)nc(Nc2nc(N)nc(N)n2)n1. The zero-order valence-electron chi connectivity index (χ0n) is 11.2. The molecule has 2 unspecified atom stereocenters. The Labute approximate surface area is 119 Å². The van der Waals surface area contributed by atoms with E-state index in [1.54, 1.807) is 0 Å². The lowest BCUT2D eigenvalue weighted by Crippen LogP contribution is -2.11. The maximum Gasteiger partial charge on any atom is 0.323 e. The summed E-state index contributed by atoms with van der Waals surface area (Å²) in [5, 5.41) is 2.73. The summed E-state index contributed by atoms with van der Waals surface area (Å²) < 4.78 is 5.56. The fraction of sp³-hybridized carbons (Fsp3) is 0.400. The Balaban J connectivity index is 1.80. The van der Waals surface area contributed by atoms with Crippen LogP contribution in [-0.4, -0.2) is 36.0 Å². The van der Waals surface area contributed by atoms with E-state index >= 15 is 0 Å². The molecule has 11 nitrogen and oxygen atoms in total. The molecule has 0 spiro atoms. The highest BCUT2D eigenvalue weighted by atomic mass is 16.5. The molecular weight excluding hydrogens is 276 g/mol. The van der Waals surface area contributed by atoms with Crippen LogP contribution in [0.15, 0.2) is 0 Å². The largest absolute Gasteiger partial charge is 0.460 e. The molecule has 1 aliphatic carbocycles. The van der Waals surface area contributed by atoms with Crippen LogP contribution in [-0.2, 0) is 0 Å². The van der Waals surface area contributed by atoms with Gasteiger partial charge >= 0.3 is 6.01 Å². The predicted octanol–water partition coefficient (Wildman–Crippen LogP) is -0.666. The number of nitrogens with one attached hydrogen (secondary N) is 1. The number of ether oxygens (including phenoxy) is 1. The van der Waals surface area contributed by atoms with Gasteiger partial charge in [-0.15, -0.1) is 0 Å². The quantitative estimate of drug-likeness (QED) is 0.561. The Morgan fingerprint density at radius 3 is 2.00 bits per heavy atom. The van der Waals surface area contributed by atoms with Crippen LogP contribution in [0.5, 0.6) is 6.01 Å². The zero-order valence-corrected chi connectivity index (χ0v) is 11.2. The van der Waals surface area contributed by atoms with E-state index in [0.717, 1.165) is 6.42 Å². The predicted molar refractivity (Wildman–Crippen MR) is 74.4 cm³/mol. The fourth-order valence-electron chi connectivity index (χ4n) is 1.63. The summed E-state index contributed by atoms with van der Waals surface area (Å²) in [6.45, 7) is 2.07. The molecule has 11 heteroatoms. The number of nitrogens with zero attached hydrogens (tertiary/aromatic N) is 6. The van der Waals surface area contributed by atoms with Crippen molar-refractivity contribution in [1.29, 1.82) is 0 Å². The van der Waals surface area contributed by atoms with Crippen LogP contribution in [0.1, 0.15) is 13.3 Å². The summed E-state index contributed by atoms with van der Waals surface area (Å²) in [5.41, 5.74) is 16.6. The smallest absolute Gasteiger partial charge is 0.323 e. The molecule has 110 valence electrons. The van der Waals surface area contributed by atoms with Crippen LogP contribution in [0.25, 0.3) is 0 Å². The number of rotatable bonds is 4. The van der Waals surface area contributed by atoms with Crippen molar-refractivity contribution in [3.05, 3.63) is 0 Å². The Morgan fingerprint density at radius 2 is 1.43 bits per heavy atom. The highest BCUT2D eigenvalue weighted by Gasteiger charge is 2.36. The summed E-state index contributed by atoms with van der Waals surface area (Å²) in [7, 11) is 0. The molecule has 0 radical (unpaired) electrons. The number of nitrogens with two attached hydrogens (primary N) is 3. The lowest BCUT2D eigenvalue weighted by atomic mass is 10.5. The number of anilines is 5. The average molecular weight is 290 g/mol. The first-order valence-electron chi connectivity index (χ1n) is 6.22. The third kappa shape index (κ3) is 3.13. The van der Waals surface area contributed by atoms with Gasteiger partial charge in [-0.1, -0.05) is 6.92 Å². The van der Waals surface area contributed by atoms with Crippen LogP contribution < -0.4 is 27.3 Å². The minimum absolute atomic E-state index is 0.0182. The molecular formula is C10H14N10O. The van der Waals surface area contributed by atoms with Gasteiger partial charge in [0.25, 0.3) is 0 Å². The van der Waals surface area contributed by atoms with E-state index in [0.29, 0.717) is 5.92 Å². The molecule has 21 heavy (non-hydrogen) atoms. The van der Waals surface area contributed by atoms with Gasteiger partial charge in [-0.3, -0.25) is 5.32 Å². The second kappa shape index (κ2) is 4.85. The summed E-state index contributed by atoms with van der Waals surface area (Å²) in [6.07, 6.45) is 1.08. The van der Waals surface area contributed by atoms with Gasteiger partial charge in [0, 0.05) is 0 Å². The first-order chi connectivity index (χ1) is 9.99. The van der Waals surface area contributed by atoms with E-state index in [1.807, 2.05) is 0 Å². The minimum atomic E-state index is -0.0182. The highest BCUT2D eigenvalue weighted by Crippen LogP contribution is 2.33. The molecule has 2 aromatic heterocycles. The van der Waals surface area contributed by atoms with Crippen LogP contribution in [0.3, 0.4) is 0 Å². The Bertz CT molecular complexity index is 657. The van der Waals surface area contributed by atoms with E-state index in [4.69, 9.17) is 21.9 Å². The number of aromatic nitrogens is 6. The standard InChI is InChI=1S/C10H14N10O/c1-3-2-4(3)21-10-18-7(13)17-9(20-10)19-8-15-5(11)14-6(12)16-8/h3-4H,2H2,1H3,(H7,11,12,13,14,15,16,17,18,19,20). The summed E-state index contributed by atoms with van der Waals surface area (Å²) in [5.74, 6) is 0.714. The van der Waals surface area contributed by atoms with Gasteiger partial charge in [0.15, 0.2) is 0 Å². The monoisotopic (exact) mass is 290 g/mol. The van der Waals surface area contributed by atoms with Crippen LogP contribution >= 0.6 is 0 Å². The Hall–Kier alpha value is -2.98. The molecule has 0 amide bonds. The van der Waals surface area contributed by atoms with Gasteiger partial charge in [0.05, 0.1) is 0 Å². The molecule has 7 N–H and O–H groups in total. The van der Waals surface area contributed by atoms with Crippen molar-refractivity contribution in [1.82, 2.24) is 29.9 Å². The molecule has 1 aliphatic rings. The van der Waals surface area contributed by atoms with Gasteiger partial charge in [-0.2, -0.15) is 29.9 Å². The summed E-state index contributed by atoms with van der Waals surface area (Å²) >= 11 is 0. The van der Waals surface area contributed by atoms with Gasteiger partial charge < -0.3 is 21.9 Å². The van der Waals surface area contributed by atoms with Crippen LogP contribution in [0.4, 0.5) is 29.7 Å². The van der Waals surface area contributed by atoms with Gasteiger partial charge in [0.2, 0.25) is 29.7 Å². The lowest BCUT2D eigenvalue weighted by Gasteiger charge is -2.07. The van der Waals surface area contributed by atoms with E-state index in [9.17, 15) is 0 Å². The summed E-state index contributed by atoms with van der Waals surface area (Å²) in [4.78, 5) is 23.3. The van der Waals surface area contributed by atoms with Crippen molar-refractivity contribution < 1.29 is 4.74 Å².